The third kappa shape index (κ3) is 2.79. The van der Waals surface area contributed by atoms with E-state index < -0.39 is 0 Å². The Kier molecular flexibility index (Phi) is 4.03. The van der Waals surface area contributed by atoms with Crippen molar-refractivity contribution in [1.29, 1.82) is 5.26 Å². The van der Waals surface area contributed by atoms with Crippen LogP contribution in [-0.4, -0.2) is 12.6 Å². The van der Waals surface area contributed by atoms with Gasteiger partial charge in [0.25, 0.3) is 0 Å². The number of hydrogen-bond donors (Lipinski definition) is 0. The fourth-order valence-corrected chi connectivity index (χ4v) is 2.73. The summed E-state index contributed by atoms with van der Waals surface area (Å²) in [5, 5.41) is 8.96. The van der Waals surface area contributed by atoms with Gasteiger partial charge in [-0.15, -0.1) is 0 Å². The summed E-state index contributed by atoms with van der Waals surface area (Å²) in [5.74, 6) is 0. The van der Waals surface area contributed by atoms with Crippen molar-refractivity contribution in [3.05, 3.63) is 29.8 Å². The molecule has 1 aromatic rings. The molecule has 1 heterocycles. The minimum Gasteiger partial charge on any atom is -0.369 e. The zero-order valence-corrected chi connectivity index (χ0v) is 10.5. The van der Waals surface area contributed by atoms with E-state index in [4.69, 9.17) is 5.26 Å². The third-order valence-corrected chi connectivity index (χ3v) is 3.56. The SMILES string of the molecule is CCCC1CCCCN1c1cccc(C#N)c1. The Morgan fingerprint density at radius 2 is 2.29 bits per heavy atom. The lowest BCUT2D eigenvalue weighted by Crippen LogP contribution is -2.39. The standard InChI is InChI=1S/C15H20N2/c1-2-6-14-8-3-4-10-17(14)15-9-5-7-13(11-15)12-16/h5,7,9,11,14H,2-4,6,8,10H2,1H3. The van der Waals surface area contributed by atoms with Crippen LogP contribution in [0.4, 0.5) is 5.69 Å². The molecule has 1 aliphatic heterocycles. The van der Waals surface area contributed by atoms with E-state index in [0.717, 1.165) is 12.1 Å². The minimum absolute atomic E-state index is 0.669. The van der Waals surface area contributed by atoms with E-state index in [9.17, 15) is 0 Å². The topological polar surface area (TPSA) is 27.0 Å². The Labute approximate surface area is 104 Å². The van der Waals surface area contributed by atoms with Gasteiger partial charge in [0.1, 0.15) is 0 Å². The number of nitriles is 1. The smallest absolute Gasteiger partial charge is 0.0992 e. The first kappa shape index (κ1) is 12.0. The summed E-state index contributed by atoms with van der Waals surface area (Å²) in [5.41, 5.74) is 1.99. The van der Waals surface area contributed by atoms with E-state index in [2.05, 4.69) is 24.0 Å². The fourth-order valence-electron chi connectivity index (χ4n) is 2.73. The molecule has 2 heteroatoms. The molecule has 0 aromatic heterocycles. The van der Waals surface area contributed by atoms with Gasteiger partial charge in [0.2, 0.25) is 0 Å². The molecule has 1 atom stereocenters. The first-order valence-corrected chi connectivity index (χ1v) is 6.62. The van der Waals surface area contributed by atoms with Crippen LogP contribution in [0, 0.1) is 11.3 Å². The van der Waals surface area contributed by atoms with Crippen LogP contribution in [0.3, 0.4) is 0 Å². The average molecular weight is 228 g/mol. The maximum atomic E-state index is 8.96. The van der Waals surface area contributed by atoms with Crippen molar-refractivity contribution in [3.8, 4) is 6.07 Å². The lowest BCUT2D eigenvalue weighted by atomic mass is 9.97. The van der Waals surface area contributed by atoms with Gasteiger partial charge < -0.3 is 4.90 Å². The number of piperidine rings is 1. The summed E-state index contributed by atoms with van der Waals surface area (Å²) in [6.45, 7) is 3.39. The highest BCUT2D eigenvalue weighted by Crippen LogP contribution is 2.27. The van der Waals surface area contributed by atoms with Crippen LogP contribution in [0.25, 0.3) is 0 Å². The maximum absolute atomic E-state index is 8.96. The summed E-state index contributed by atoms with van der Waals surface area (Å²) in [7, 11) is 0. The Balaban J connectivity index is 2.20. The van der Waals surface area contributed by atoms with Crippen molar-refractivity contribution in [1.82, 2.24) is 0 Å². The highest BCUT2D eigenvalue weighted by atomic mass is 15.2. The summed E-state index contributed by atoms with van der Waals surface area (Å²) in [6.07, 6.45) is 6.41. The van der Waals surface area contributed by atoms with Gasteiger partial charge in [0.15, 0.2) is 0 Å². The van der Waals surface area contributed by atoms with Gasteiger partial charge in [-0.2, -0.15) is 5.26 Å². The molecule has 1 aliphatic rings. The molecule has 0 radical (unpaired) electrons. The molecule has 1 unspecified atom stereocenters. The highest BCUT2D eigenvalue weighted by molar-refractivity contribution is 5.52. The van der Waals surface area contributed by atoms with Crippen molar-refractivity contribution < 1.29 is 0 Å². The third-order valence-electron chi connectivity index (χ3n) is 3.56. The molecule has 0 aliphatic carbocycles. The van der Waals surface area contributed by atoms with Gasteiger partial charge in [-0.05, 0) is 43.9 Å². The number of hydrogen-bond acceptors (Lipinski definition) is 2. The first-order chi connectivity index (χ1) is 8.35. The van der Waals surface area contributed by atoms with E-state index in [1.165, 1.54) is 37.8 Å². The summed E-state index contributed by atoms with van der Waals surface area (Å²) in [6, 6.07) is 10.9. The van der Waals surface area contributed by atoms with E-state index in [1.54, 1.807) is 0 Å². The zero-order valence-electron chi connectivity index (χ0n) is 10.5. The molecule has 2 rings (SSSR count). The summed E-state index contributed by atoms with van der Waals surface area (Å²) >= 11 is 0. The Morgan fingerprint density at radius 3 is 3.06 bits per heavy atom. The van der Waals surface area contributed by atoms with Crippen molar-refractivity contribution >= 4 is 5.69 Å². The van der Waals surface area contributed by atoms with Crippen molar-refractivity contribution in [3.63, 3.8) is 0 Å². The molecule has 90 valence electrons. The van der Waals surface area contributed by atoms with Crippen molar-refractivity contribution in [2.75, 3.05) is 11.4 Å². The lowest BCUT2D eigenvalue weighted by Gasteiger charge is -2.37. The normalized spacial score (nSPS) is 20.0. The number of anilines is 1. The molecule has 0 bridgehead atoms. The summed E-state index contributed by atoms with van der Waals surface area (Å²) < 4.78 is 0. The second-order valence-electron chi connectivity index (χ2n) is 4.79. The largest absolute Gasteiger partial charge is 0.369 e. The highest BCUT2D eigenvalue weighted by Gasteiger charge is 2.21. The van der Waals surface area contributed by atoms with Crippen molar-refractivity contribution in [2.24, 2.45) is 0 Å². The number of rotatable bonds is 3. The predicted molar refractivity (Wildman–Crippen MR) is 71.1 cm³/mol. The molecule has 0 saturated carbocycles. The molecule has 0 N–H and O–H groups in total. The van der Waals surface area contributed by atoms with E-state index in [-0.39, 0.29) is 0 Å². The Bertz CT molecular complexity index is 404. The molecular weight excluding hydrogens is 208 g/mol. The molecule has 0 spiro atoms. The Hall–Kier alpha value is -1.49. The lowest BCUT2D eigenvalue weighted by molar-refractivity contribution is 0.435. The van der Waals surface area contributed by atoms with Gasteiger partial charge in [-0.3, -0.25) is 0 Å². The van der Waals surface area contributed by atoms with Crippen LogP contribution in [0.15, 0.2) is 24.3 Å². The Morgan fingerprint density at radius 1 is 1.41 bits per heavy atom. The van der Waals surface area contributed by atoms with Crippen LogP contribution in [0.5, 0.6) is 0 Å². The van der Waals surface area contributed by atoms with Crippen LogP contribution in [-0.2, 0) is 0 Å². The molecule has 2 nitrogen and oxygen atoms in total. The van der Waals surface area contributed by atoms with Gasteiger partial charge in [-0.1, -0.05) is 19.4 Å². The van der Waals surface area contributed by atoms with Gasteiger partial charge in [0, 0.05) is 18.3 Å². The number of benzene rings is 1. The van der Waals surface area contributed by atoms with Crippen LogP contribution < -0.4 is 4.90 Å². The molecule has 17 heavy (non-hydrogen) atoms. The number of nitrogens with zero attached hydrogens (tertiary/aromatic N) is 2. The van der Waals surface area contributed by atoms with Crippen LogP contribution in [0.2, 0.25) is 0 Å². The molecule has 0 amide bonds. The van der Waals surface area contributed by atoms with Crippen LogP contribution >= 0.6 is 0 Å². The molecule has 1 fully saturated rings. The second kappa shape index (κ2) is 5.72. The fraction of sp³-hybridized carbons (Fsp3) is 0.533. The zero-order chi connectivity index (χ0) is 12.1. The van der Waals surface area contributed by atoms with Gasteiger partial charge >= 0.3 is 0 Å². The van der Waals surface area contributed by atoms with Crippen LogP contribution in [0.1, 0.15) is 44.6 Å². The maximum Gasteiger partial charge on any atom is 0.0992 e. The monoisotopic (exact) mass is 228 g/mol. The van der Waals surface area contributed by atoms with Crippen molar-refractivity contribution in [2.45, 2.75) is 45.1 Å². The predicted octanol–water partition coefficient (Wildman–Crippen LogP) is 3.72. The quantitative estimate of drug-likeness (QED) is 0.788. The average Bonchev–Trinajstić information content (AvgIpc) is 2.40. The molecule has 1 saturated heterocycles. The van der Waals surface area contributed by atoms with E-state index in [1.807, 2.05) is 18.2 Å². The summed E-state index contributed by atoms with van der Waals surface area (Å²) in [4.78, 5) is 2.49. The second-order valence-corrected chi connectivity index (χ2v) is 4.79. The minimum atomic E-state index is 0.669. The molecule has 1 aromatic carbocycles. The van der Waals surface area contributed by atoms with Gasteiger partial charge in [0.05, 0.1) is 11.6 Å². The molecular formula is C15H20N2. The first-order valence-electron chi connectivity index (χ1n) is 6.62. The van der Waals surface area contributed by atoms with E-state index >= 15 is 0 Å². The van der Waals surface area contributed by atoms with E-state index in [0.29, 0.717) is 6.04 Å². The van der Waals surface area contributed by atoms with Gasteiger partial charge in [-0.25, -0.2) is 0 Å².